The smallest absolute Gasteiger partial charge is 0.244 e. The first kappa shape index (κ1) is 14.9. The topological polar surface area (TPSA) is 59.3 Å². The maximum atomic E-state index is 11.8. The van der Waals surface area contributed by atoms with Crippen molar-refractivity contribution >= 4 is 44.9 Å². The second-order valence-electron chi connectivity index (χ2n) is 4.69. The Morgan fingerprint density at radius 1 is 1.41 bits per heavy atom. The third kappa shape index (κ3) is 3.61. The molecule has 1 amide bonds. The minimum atomic E-state index is -0.163. The lowest BCUT2D eigenvalue weighted by molar-refractivity contribution is -0.116. The Balaban J connectivity index is 1.61. The minimum absolute atomic E-state index is 0.163. The van der Waals surface area contributed by atoms with Crippen LogP contribution in [0.4, 0.5) is 0 Å². The van der Waals surface area contributed by atoms with E-state index in [9.17, 15) is 4.79 Å². The molecule has 0 aliphatic carbocycles. The van der Waals surface area contributed by atoms with Crippen LogP contribution in [-0.4, -0.2) is 20.3 Å². The second kappa shape index (κ2) is 6.41. The molecule has 5 nitrogen and oxygen atoms in total. The Kier molecular flexibility index (Phi) is 4.35. The molecule has 7 heteroatoms. The minimum Gasteiger partial charge on any atom is -0.347 e. The monoisotopic (exact) mass is 376 g/mol. The van der Waals surface area contributed by atoms with Gasteiger partial charge in [0.05, 0.1) is 22.9 Å². The molecule has 3 heterocycles. The summed E-state index contributed by atoms with van der Waals surface area (Å²) >= 11 is 4.97. The van der Waals surface area contributed by atoms with Gasteiger partial charge in [0, 0.05) is 28.3 Å². The molecule has 3 aromatic rings. The fourth-order valence-electron chi connectivity index (χ4n) is 1.96. The molecule has 3 aromatic heterocycles. The van der Waals surface area contributed by atoms with Crippen molar-refractivity contribution in [1.29, 1.82) is 0 Å². The van der Waals surface area contributed by atoms with E-state index in [0.717, 1.165) is 26.5 Å². The zero-order valence-electron chi connectivity index (χ0n) is 11.8. The number of thiazole rings is 1. The van der Waals surface area contributed by atoms with Crippen molar-refractivity contribution in [3.8, 4) is 0 Å². The molecule has 22 heavy (non-hydrogen) atoms. The maximum Gasteiger partial charge on any atom is 0.244 e. The summed E-state index contributed by atoms with van der Waals surface area (Å²) in [6.07, 6.45) is 7.02. The van der Waals surface area contributed by atoms with Crippen LogP contribution in [0.15, 0.2) is 40.5 Å². The third-order valence-electron chi connectivity index (χ3n) is 2.95. The average Bonchev–Trinajstić information content (AvgIpc) is 3.08. The number of carbonyl (C=O) groups is 1. The maximum absolute atomic E-state index is 11.8. The molecule has 0 aliphatic heterocycles. The number of imidazole rings is 1. The van der Waals surface area contributed by atoms with Crippen LogP contribution in [0.25, 0.3) is 11.7 Å². The highest BCUT2D eigenvalue weighted by atomic mass is 79.9. The van der Waals surface area contributed by atoms with E-state index in [0.29, 0.717) is 6.54 Å². The van der Waals surface area contributed by atoms with Gasteiger partial charge in [-0.1, -0.05) is 0 Å². The number of fused-ring (bicyclic) bond motifs is 1. The molecule has 0 aliphatic rings. The largest absolute Gasteiger partial charge is 0.347 e. The Hall–Kier alpha value is -1.99. The lowest BCUT2D eigenvalue weighted by Gasteiger charge is -1.97. The first-order valence-electron chi connectivity index (χ1n) is 6.61. The summed E-state index contributed by atoms with van der Waals surface area (Å²) in [6, 6.07) is 3.85. The van der Waals surface area contributed by atoms with Gasteiger partial charge < -0.3 is 9.72 Å². The molecule has 0 saturated carbocycles. The zero-order valence-corrected chi connectivity index (χ0v) is 14.2. The van der Waals surface area contributed by atoms with Gasteiger partial charge >= 0.3 is 0 Å². The van der Waals surface area contributed by atoms with Crippen molar-refractivity contribution in [2.75, 3.05) is 0 Å². The first-order chi connectivity index (χ1) is 10.6. The van der Waals surface area contributed by atoms with Gasteiger partial charge in [-0.3, -0.25) is 4.79 Å². The van der Waals surface area contributed by atoms with E-state index < -0.39 is 0 Å². The highest BCUT2D eigenvalue weighted by Gasteiger charge is 2.03. The van der Waals surface area contributed by atoms with Crippen LogP contribution in [0, 0.1) is 6.92 Å². The number of pyridine rings is 1. The lowest BCUT2D eigenvalue weighted by atomic mass is 10.4. The standard InChI is InChI=1S/C15H13BrN4OS/c1-10-18-12(9-22-10)3-5-15(21)17-6-13-8-20-7-11(16)2-4-14(20)19-13/h2-5,7-9H,6H2,1H3,(H,17,21)/b5-3-. The highest BCUT2D eigenvalue weighted by Crippen LogP contribution is 2.12. The van der Waals surface area contributed by atoms with Crippen LogP contribution < -0.4 is 5.32 Å². The highest BCUT2D eigenvalue weighted by molar-refractivity contribution is 9.10. The summed E-state index contributed by atoms with van der Waals surface area (Å²) in [5.74, 6) is -0.163. The Morgan fingerprint density at radius 3 is 3.05 bits per heavy atom. The van der Waals surface area contributed by atoms with E-state index in [2.05, 4.69) is 31.2 Å². The summed E-state index contributed by atoms with van der Waals surface area (Å²) in [4.78, 5) is 20.5. The van der Waals surface area contributed by atoms with Crippen molar-refractivity contribution in [2.24, 2.45) is 0 Å². The van der Waals surface area contributed by atoms with Crippen molar-refractivity contribution < 1.29 is 4.79 Å². The van der Waals surface area contributed by atoms with E-state index in [-0.39, 0.29) is 5.91 Å². The second-order valence-corrected chi connectivity index (χ2v) is 6.67. The van der Waals surface area contributed by atoms with Crippen LogP contribution in [0.2, 0.25) is 0 Å². The van der Waals surface area contributed by atoms with Gasteiger partial charge in [0.2, 0.25) is 5.91 Å². The van der Waals surface area contributed by atoms with E-state index in [1.807, 2.05) is 41.2 Å². The quantitative estimate of drug-likeness (QED) is 0.711. The van der Waals surface area contributed by atoms with Gasteiger partial charge in [-0.15, -0.1) is 11.3 Å². The summed E-state index contributed by atoms with van der Waals surface area (Å²) in [5.41, 5.74) is 2.46. The molecular formula is C15H13BrN4OS. The summed E-state index contributed by atoms with van der Waals surface area (Å²) in [5, 5.41) is 5.71. The molecule has 0 aromatic carbocycles. The van der Waals surface area contributed by atoms with Gasteiger partial charge in [-0.25, -0.2) is 9.97 Å². The Bertz CT molecular complexity index is 852. The van der Waals surface area contributed by atoms with Gasteiger partial charge in [-0.2, -0.15) is 0 Å². The van der Waals surface area contributed by atoms with Crippen molar-refractivity contribution in [2.45, 2.75) is 13.5 Å². The lowest BCUT2D eigenvalue weighted by Crippen LogP contribution is -2.20. The fourth-order valence-corrected chi connectivity index (χ4v) is 2.89. The van der Waals surface area contributed by atoms with E-state index in [1.54, 1.807) is 17.4 Å². The van der Waals surface area contributed by atoms with Crippen molar-refractivity contribution in [1.82, 2.24) is 19.7 Å². The van der Waals surface area contributed by atoms with Gasteiger partial charge in [0.1, 0.15) is 5.65 Å². The molecule has 0 saturated heterocycles. The number of carbonyl (C=O) groups excluding carboxylic acids is 1. The number of hydrogen-bond donors (Lipinski definition) is 1. The number of aryl methyl sites for hydroxylation is 1. The number of aromatic nitrogens is 3. The molecule has 0 spiro atoms. The van der Waals surface area contributed by atoms with Crippen LogP contribution >= 0.6 is 27.3 Å². The van der Waals surface area contributed by atoms with Crippen LogP contribution in [-0.2, 0) is 11.3 Å². The fraction of sp³-hybridized carbons (Fsp3) is 0.133. The van der Waals surface area contributed by atoms with Crippen LogP contribution in [0.3, 0.4) is 0 Å². The van der Waals surface area contributed by atoms with Gasteiger partial charge in [0.25, 0.3) is 0 Å². The number of hydrogen-bond acceptors (Lipinski definition) is 4. The van der Waals surface area contributed by atoms with Crippen molar-refractivity contribution in [3.05, 3.63) is 56.9 Å². The Morgan fingerprint density at radius 2 is 2.27 bits per heavy atom. The molecule has 3 rings (SSSR count). The first-order valence-corrected chi connectivity index (χ1v) is 8.28. The predicted molar refractivity (Wildman–Crippen MR) is 90.6 cm³/mol. The van der Waals surface area contributed by atoms with E-state index >= 15 is 0 Å². The Labute approximate surface area is 139 Å². The van der Waals surface area contributed by atoms with E-state index in [4.69, 9.17) is 0 Å². The number of nitrogens with one attached hydrogen (secondary N) is 1. The molecule has 0 radical (unpaired) electrons. The molecule has 0 bridgehead atoms. The summed E-state index contributed by atoms with van der Waals surface area (Å²) in [7, 11) is 0. The van der Waals surface area contributed by atoms with Crippen LogP contribution in [0.5, 0.6) is 0 Å². The molecule has 0 fully saturated rings. The summed E-state index contributed by atoms with van der Waals surface area (Å²) in [6.45, 7) is 2.32. The molecule has 0 atom stereocenters. The number of rotatable bonds is 4. The molecule has 1 N–H and O–H groups in total. The van der Waals surface area contributed by atoms with Crippen molar-refractivity contribution in [3.63, 3.8) is 0 Å². The predicted octanol–water partition coefficient (Wildman–Crippen LogP) is 3.19. The molecular weight excluding hydrogens is 364 g/mol. The number of amides is 1. The zero-order chi connectivity index (χ0) is 15.5. The third-order valence-corrected chi connectivity index (χ3v) is 4.21. The van der Waals surface area contributed by atoms with E-state index in [1.165, 1.54) is 6.08 Å². The van der Waals surface area contributed by atoms with Gasteiger partial charge in [-0.05, 0) is 41.1 Å². The summed E-state index contributed by atoms with van der Waals surface area (Å²) < 4.78 is 2.90. The number of nitrogens with zero attached hydrogens (tertiary/aromatic N) is 3. The SMILES string of the molecule is Cc1nc(/C=C\C(=O)NCc2cn3cc(Br)ccc3n2)cs1. The normalized spacial score (nSPS) is 11.4. The van der Waals surface area contributed by atoms with Crippen LogP contribution in [0.1, 0.15) is 16.4 Å². The molecule has 112 valence electrons. The van der Waals surface area contributed by atoms with Gasteiger partial charge in [0.15, 0.2) is 0 Å². The molecule has 0 unspecified atom stereocenters. The number of halogens is 1. The average molecular weight is 377 g/mol.